The standard InChI is InChI=1S/C29H43N5O/c1-20(2)27-32-31-21(3)34(27)25-18-23-12-13-24(19-25)33(23)17-14-26(22-10-6-4-7-11-22)29(28(30)35)15-8-5-9-16-29/h4,6-7,10-11,20,23-26H,5,8-9,12-19H2,1-3H3,(H2,30,35)/t23?,24?,25?,26-/m0/s1. The average molecular weight is 478 g/mol. The van der Waals surface area contributed by atoms with E-state index < -0.39 is 5.41 Å². The van der Waals surface area contributed by atoms with Crippen LogP contribution in [0.4, 0.5) is 0 Å². The number of rotatable bonds is 8. The van der Waals surface area contributed by atoms with Crippen LogP contribution in [0.2, 0.25) is 0 Å². The molecule has 3 atom stereocenters. The summed E-state index contributed by atoms with van der Waals surface area (Å²) < 4.78 is 2.43. The fourth-order valence-electron chi connectivity index (χ4n) is 7.73. The Morgan fingerprint density at radius 3 is 2.29 bits per heavy atom. The first-order valence-electron chi connectivity index (χ1n) is 13.9. The van der Waals surface area contributed by atoms with Crippen molar-refractivity contribution < 1.29 is 4.79 Å². The monoisotopic (exact) mass is 477 g/mol. The van der Waals surface area contributed by atoms with E-state index in [9.17, 15) is 4.79 Å². The van der Waals surface area contributed by atoms with Crippen LogP contribution in [0, 0.1) is 12.3 Å². The Morgan fingerprint density at radius 2 is 1.69 bits per heavy atom. The van der Waals surface area contributed by atoms with Crippen LogP contribution in [0.25, 0.3) is 0 Å². The molecule has 3 aliphatic rings. The number of amides is 1. The number of nitrogens with zero attached hydrogens (tertiary/aromatic N) is 4. The smallest absolute Gasteiger partial charge is 0.224 e. The van der Waals surface area contributed by atoms with Gasteiger partial charge in [0.05, 0.1) is 5.41 Å². The third-order valence-electron chi connectivity index (χ3n) is 9.42. The molecule has 3 heterocycles. The first kappa shape index (κ1) is 24.5. The number of hydrogen-bond donors (Lipinski definition) is 1. The molecule has 2 saturated heterocycles. The molecule has 190 valence electrons. The maximum atomic E-state index is 13.0. The van der Waals surface area contributed by atoms with Crippen molar-refractivity contribution in [2.45, 2.75) is 115 Å². The van der Waals surface area contributed by atoms with Crippen molar-refractivity contribution in [3.05, 3.63) is 47.5 Å². The highest BCUT2D eigenvalue weighted by molar-refractivity contribution is 5.82. The molecule has 2 N–H and O–H groups in total. The summed E-state index contributed by atoms with van der Waals surface area (Å²) in [6.07, 6.45) is 11.2. The SMILES string of the molecule is Cc1nnc(C(C)C)n1C1CC2CCC(C1)N2CC[C@@H](c1ccccc1)C1(C(N)=O)CCCCC1. The van der Waals surface area contributed by atoms with E-state index in [1.54, 1.807) is 0 Å². The van der Waals surface area contributed by atoms with E-state index in [1.807, 2.05) is 0 Å². The van der Waals surface area contributed by atoms with E-state index in [4.69, 9.17) is 5.73 Å². The molecular formula is C29H43N5O. The number of carbonyl (C=O) groups is 1. The van der Waals surface area contributed by atoms with Gasteiger partial charge >= 0.3 is 0 Å². The first-order valence-corrected chi connectivity index (χ1v) is 13.9. The second kappa shape index (κ2) is 10.0. The van der Waals surface area contributed by atoms with Crippen LogP contribution in [0.3, 0.4) is 0 Å². The van der Waals surface area contributed by atoms with E-state index in [2.05, 4.69) is 70.8 Å². The Hall–Kier alpha value is -2.21. The number of carbonyl (C=O) groups excluding carboxylic acids is 1. The molecule has 2 aliphatic heterocycles. The van der Waals surface area contributed by atoms with E-state index in [0.29, 0.717) is 24.0 Å². The van der Waals surface area contributed by atoms with Crippen molar-refractivity contribution in [2.24, 2.45) is 11.1 Å². The average Bonchev–Trinajstić information content (AvgIpc) is 3.36. The molecule has 5 rings (SSSR count). The third kappa shape index (κ3) is 4.54. The van der Waals surface area contributed by atoms with Gasteiger partial charge in [-0.1, -0.05) is 63.4 Å². The van der Waals surface area contributed by atoms with Gasteiger partial charge in [-0.05, 0) is 69.9 Å². The molecule has 2 bridgehead atoms. The molecule has 2 aromatic rings. The topological polar surface area (TPSA) is 77.0 Å². The summed E-state index contributed by atoms with van der Waals surface area (Å²) in [5.41, 5.74) is 7.06. The number of nitrogens with two attached hydrogens (primary N) is 1. The largest absolute Gasteiger partial charge is 0.369 e. The fraction of sp³-hybridized carbons (Fsp3) is 0.690. The van der Waals surface area contributed by atoms with Crippen molar-refractivity contribution in [2.75, 3.05) is 6.54 Å². The highest BCUT2D eigenvalue weighted by Gasteiger charge is 2.47. The number of piperidine rings is 1. The summed E-state index contributed by atoms with van der Waals surface area (Å²) >= 11 is 0. The zero-order chi connectivity index (χ0) is 24.6. The minimum Gasteiger partial charge on any atom is -0.369 e. The van der Waals surface area contributed by atoms with Gasteiger partial charge in [-0.15, -0.1) is 10.2 Å². The molecule has 1 aliphatic carbocycles. The van der Waals surface area contributed by atoms with Gasteiger partial charge in [-0.3, -0.25) is 9.69 Å². The molecule has 1 amide bonds. The van der Waals surface area contributed by atoms with Crippen LogP contribution in [-0.2, 0) is 4.79 Å². The summed E-state index contributed by atoms with van der Waals surface area (Å²) in [6.45, 7) is 7.58. The first-order chi connectivity index (χ1) is 16.9. The zero-order valence-corrected chi connectivity index (χ0v) is 21.8. The van der Waals surface area contributed by atoms with Crippen LogP contribution in [0.5, 0.6) is 0 Å². The predicted octanol–water partition coefficient (Wildman–Crippen LogP) is 5.49. The number of aryl methyl sites for hydroxylation is 1. The lowest BCUT2D eigenvalue weighted by Gasteiger charge is -2.44. The molecule has 35 heavy (non-hydrogen) atoms. The second-order valence-electron chi connectivity index (χ2n) is 11.7. The fourth-order valence-corrected chi connectivity index (χ4v) is 7.73. The lowest BCUT2D eigenvalue weighted by atomic mass is 9.62. The summed E-state index contributed by atoms with van der Waals surface area (Å²) in [4.78, 5) is 15.7. The molecule has 1 saturated carbocycles. The third-order valence-corrected chi connectivity index (χ3v) is 9.42. The molecular weight excluding hydrogens is 434 g/mol. The van der Waals surface area contributed by atoms with E-state index in [-0.39, 0.29) is 11.8 Å². The maximum Gasteiger partial charge on any atom is 0.224 e. The Morgan fingerprint density at radius 1 is 1.03 bits per heavy atom. The predicted molar refractivity (Wildman–Crippen MR) is 139 cm³/mol. The number of aromatic nitrogens is 3. The normalized spacial score (nSPS) is 27.3. The van der Waals surface area contributed by atoms with E-state index >= 15 is 0 Å². The summed E-state index contributed by atoms with van der Waals surface area (Å²) in [5.74, 6) is 2.68. The van der Waals surface area contributed by atoms with Gasteiger partial charge in [-0.25, -0.2) is 0 Å². The molecule has 3 fully saturated rings. The molecule has 6 nitrogen and oxygen atoms in total. The minimum absolute atomic E-state index is 0.0861. The van der Waals surface area contributed by atoms with Gasteiger partial charge in [0.1, 0.15) is 11.6 Å². The van der Waals surface area contributed by atoms with Gasteiger partial charge < -0.3 is 10.3 Å². The molecule has 1 aromatic carbocycles. The summed E-state index contributed by atoms with van der Waals surface area (Å²) in [5, 5.41) is 8.93. The highest BCUT2D eigenvalue weighted by atomic mass is 16.1. The maximum absolute atomic E-state index is 13.0. The van der Waals surface area contributed by atoms with E-state index in [0.717, 1.165) is 50.3 Å². The van der Waals surface area contributed by atoms with E-state index in [1.165, 1.54) is 37.7 Å². The van der Waals surface area contributed by atoms with Gasteiger partial charge in [0.25, 0.3) is 0 Å². The molecule has 0 radical (unpaired) electrons. The lowest BCUT2D eigenvalue weighted by Crippen LogP contribution is -2.47. The van der Waals surface area contributed by atoms with Crippen molar-refractivity contribution in [1.29, 1.82) is 0 Å². The number of fused-ring (bicyclic) bond motifs is 2. The van der Waals surface area contributed by atoms with Crippen LogP contribution < -0.4 is 5.73 Å². The molecule has 1 aromatic heterocycles. The van der Waals surface area contributed by atoms with Crippen molar-refractivity contribution in [3.63, 3.8) is 0 Å². The Bertz CT molecular complexity index is 995. The summed E-state index contributed by atoms with van der Waals surface area (Å²) in [7, 11) is 0. The van der Waals surface area contributed by atoms with Gasteiger partial charge in [-0.2, -0.15) is 0 Å². The minimum atomic E-state index is -0.400. The van der Waals surface area contributed by atoms with Gasteiger partial charge in [0.2, 0.25) is 5.91 Å². The van der Waals surface area contributed by atoms with Gasteiger partial charge in [0.15, 0.2) is 0 Å². The summed E-state index contributed by atoms with van der Waals surface area (Å²) in [6, 6.07) is 12.4. The van der Waals surface area contributed by atoms with Crippen molar-refractivity contribution in [3.8, 4) is 0 Å². The zero-order valence-electron chi connectivity index (χ0n) is 21.8. The second-order valence-corrected chi connectivity index (χ2v) is 11.7. The Labute approximate surface area is 210 Å². The van der Waals surface area contributed by atoms with Gasteiger partial charge in [0, 0.05) is 24.0 Å². The van der Waals surface area contributed by atoms with Crippen molar-refractivity contribution >= 4 is 5.91 Å². The van der Waals surface area contributed by atoms with Crippen LogP contribution in [0.1, 0.15) is 113 Å². The quantitative estimate of drug-likeness (QED) is 0.545. The molecule has 0 spiro atoms. The number of primary amides is 1. The Kier molecular flexibility index (Phi) is 7.02. The molecule has 6 heteroatoms. The van der Waals surface area contributed by atoms with Crippen LogP contribution >= 0.6 is 0 Å². The van der Waals surface area contributed by atoms with Crippen molar-refractivity contribution in [1.82, 2.24) is 19.7 Å². The van der Waals surface area contributed by atoms with Crippen LogP contribution in [0.15, 0.2) is 30.3 Å². The lowest BCUT2D eigenvalue weighted by molar-refractivity contribution is -0.131. The number of benzene rings is 1. The number of hydrogen-bond acceptors (Lipinski definition) is 4. The Balaban J connectivity index is 1.35. The van der Waals surface area contributed by atoms with Crippen LogP contribution in [-0.4, -0.2) is 44.2 Å². The molecule has 2 unspecified atom stereocenters. The highest BCUT2D eigenvalue weighted by Crippen LogP contribution is 2.50.